The molecule has 0 fully saturated rings. The van der Waals surface area contributed by atoms with E-state index in [1.54, 1.807) is 19.1 Å². The first-order valence-electron chi connectivity index (χ1n) is 10.1. The fourth-order valence-electron chi connectivity index (χ4n) is 2.84. The number of carbonyl (C=O) groups is 3. The van der Waals surface area contributed by atoms with E-state index in [9.17, 15) is 24.5 Å². The number of ketones is 1. The molecule has 0 saturated heterocycles. The third-order valence-corrected chi connectivity index (χ3v) is 4.87. The van der Waals surface area contributed by atoms with Gasteiger partial charge in [-0.15, -0.1) is 0 Å². The van der Waals surface area contributed by atoms with Crippen molar-refractivity contribution in [2.24, 2.45) is 0 Å². The molecule has 0 heterocycles. The van der Waals surface area contributed by atoms with E-state index in [1.165, 1.54) is 54.6 Å². The maximum absolute atomic E-state index is 12.4. The van der Waals surface area contributed by atoms with Gasteiger partial charge in [0.05, 0.1) is 15.5 Å². The number of esters is 1. The standard InChI is InChI=1S/C24H19ClN2O7/c1-2-22(29)26-17-6-3-5-16(13-17)24(30)33-14-21(28)15-9-11-18(12-10-15)34-23-19(25)7-4-8-20(23)27(31)32/h3-13H,2,14H2,1H3,(H,26,29). The SMILES string of the molecule is CCC(=O)Nc1cccc(C(=O)OCC(=O)c2ccc(Oc3c(Cl)cccc3[N+](=O)[O-])cc2)c1. The molecule has 9 nitrogen and oxygen atoms in total. The summed E-state index contributed by atoms with van der Waals surface area (Å²) in [5.41, 5.74) is 0.587. The normalized spacial score (nSPS) is 10.3. The molecule has 0 bridgehead atoms. The lowest BCUT2D eigenvalue weighted by Gasteiger charge is -2.09. The van der Waals surface area contributed by atoms with E-state index in [-0.39, 0.29) is 39.2 Å². The van der Waals surface area contributed by atoms with Gasteiger partial charge in [-0.3, -0.25) is 19.7 Å². The van der Waals surface area contributed by atoms with Gasteiger partial charge in [-0.25, -0.2) is 4.79 Å². The zero-order valence-electron chi connectivity index (χ0n) is 17.9. The van der Waals surface area contributed by atoms with Crippen molar-refractivity contribution in [2.45, 2.75) is 13.3 Å². The Morgan fingerprint density at radius 1 is 1.00 bits per heavy atom. The van der Waals surface area contributed by atoms with Crippen LogP contribution in [-0.4, -0.2) is 29.2 Å². The molecule has 3 aromatic carbocycles. The number of halogens is 1. The van der Waals surface area contributed by atoms with Crippen molar-refractivity contribution in [2.75, 3.05) is 11.9 Å². The van der Waals surface area contributed by atoms with E-state index in [0.717, 1.165) is 0 Å². The van der Waals surface area contributed by atoms with Crippen LogP contribution in [0.1, 0.15) is 34.1 Å². The van der Waals surface area contributed by atoms with Crippen molar-refractivity contribution in [1.82, 2.24) is 0 Å². The van der Waals surface area contributed by atoms with Crippen molar-refractivity contribution in [3.8, 4) is 11.5 Å². The van der Waals surface area contributed by atoms with E-state index in [2.05, 4.69) is 5.32 Å². The lowest BCUT2D eigenvalue weighted by atomic mass is 10.1. The summed E-state index contributed by atoms with van der Waals surface area (Å²) in [7, 11) is 0. The van der Waals surface area contributed by atoms with Crippen LogP contribution in [0.3, 0.4) is 0 Å². The molecule has 0 aliphatic rings. The molecule has 10 heteroatoms. The number of hydrogen-bond acceptors (Lipinski definition) is 7. The van der Waals surface area contributed by atoms with E-state index in [4.69, 9.17) is 21.1 Å². The van der Waals surface area contributed by atoms with Gasteiger partial charge in [0.1, 0.15) is 5.75 Å². The molecule has 0 aromatic heterocycles. The number of benzene rings is 3. The number of carbonyl (C=O) groups excluding carboxylic acids is 3. The average molecular weight is 483 g/mol. The largest absolute Gasteiger partial charge is 0.454 e. The first kappa shape index (κ1) is 24.4. The second-order valence-corrected chi connectivity index (χ2v) is 7.36. The number of para-hydroxylation sites is 1. The van der Waals surface area contributed by atoms with Gasteiger partial charge in [0, 0.05) is 23.7 Å². The average Bonchev–Trinajstić information content (AvgIpc) is 2.83. The third-order valence-electron chi connectivity index (χ3n) is 4.58. The third kappa shape index (κ3) is 6.17. The highest BCUT2D eigenvalue weighted by atomic mass is 35.5. The number of rotatable bonds is 9. The van der Waals surface area contributed by atoms with Gasteiger partial charge in [0.25, 0.3) is 0 Å². The summed E-state index contributed by atoms with van der Waals surface area (Å²) in [5.74, 6) is -1.25. The summed E-state index contributed by atoms with van der Waals surface area (Å²) in [6.07, 6.45) is 0.294. The molecule has 34 heavy (non-hydrogen) atoms. The Hall–Kier alpha value is -4.24. The molecule has 3 rings (SSSR count). The minimum absolute atomic E-state index is 0.0691. The topological polar surface area (TPSA) is 125 Å². The number of amides is 1. The van der Waals surface area contributed by atoms with E-state index in [0.29, 0.717) is 12.1 Å². The van der Waals surface area contributed by atoms with E-state index >= 15 is 0 Å². The van der Waals surface area contributed by atoms with Gasteiger partial charge in [-0.05, 0) is 48.5 Å². The highest BCUT2D eigenvalue weighted by Crippen LogP contribution is 2.37. The Balaban J connectivity index is 1.62. The number of nitro benzene ring substituents is 1. The number of hydrogen-bond donors (Lipinski definition) is 1. The molecule has 0 aliphatic heterocycles. The van der Waals surface area contributed by atoms with Crippen LogP contribution in [-0.2, 0) is 9.53 Å². The van der Waals surface area contributed by atoms with Gasteiger partial charge in [0.15, 0.2) is 12.4 Å². The van der Waals surface area contributed by atoms with Crippen LogP contribution in [0.15, 0.2) is 66.7 Å². The molecule has 3 aromatic rings. The van der Waals surface area contributed by atoms with Gasteiger partial charge >= 0.3 is 11.7 Å². The molecule has 1 amide bonds. The zero-order valence-corrected chi connectivity index (χ0v) is 18.7. The number of nitro groups is 1. The van der Waals surface area contributed by atoms with Gasteiger partial charge in [-0.2, -0.15) is 0 Å². The quantitative estimate of drug-likeness (QED) is 0.186. The Bertz CT molecular complexity index is 1240. The van der Waals surface area contributed by atoms with Crippen molar-refractivity contribution in [1.29, 1.82) is 0 Å². The monoisotopic (exact) mass is 482 g/mol. The molecular weight excluding hydrogens is 464 g/mol. The molecular formula is C24H19ClN2O7. The lowest BCUT2D eigenvalue weighted by molar-refractivity contribution is -0.385. The number of anilines is 1. The highest BCUT2D eigenvalue weighted by molar-refractivity contribution is 6.32. The van der Waals surface area contributed by atoms with Crippen LogP contribution in [0.2, 0.25) is 5.02 Å². The minimum atomic E-state index is -0.716. The summed E-state index contributed by atoms with van der Waals surface area (Å²) in [4.78, 5) is 46.8. The summed E-state index contributed by atoms with van der Waals surface area (Å²) in [6.45, 7) is 1.21. The predicted octanol–water partition coefficient (Wildman–Crippen LogP) is 5.43. The molecule has 0 unspecified atom stereocenters. The lowest BCUT2D eigenvalue weighted by Crippen LogP contribution is -2.15. The smallest absolute Gasteiger partial charge is 0.338 e. The fraction of sp³-hybridized carbons (Fsp3) is 0.125. The molecule has 0 radical (unpaired) electrons. The molecule has 0 saturated carbocycles. The summed E-state index contributed by atoms with van der Waals surface area (Å²) >= 11 is 6.02. The van der Waals surface area contributed by atoms with Crippen LogP contribution in [0.25, 0.3) is 0 Å². The van der Waals surface area contributed by atoms with Crippen LogP contribution in [0, 0.1) is 10.1 Å². The zero-order chi connectivity index (χ0) is 24.7. The number of nitrogens with zero attached hydrogens (tertiary/aromatic N) is 1. The summed E-state index contributed by atoms with van der Waals surface area (Å²) in [6, 6.07) is 16.1. The summed E-state index contributed by atoms with van der Waals surface area (Å²) in [5, 5.41) is 13.9. The van der Waals surface area contributed by atoms with Crippen molar-refractivity contribution in [3.63, 3.8) is 0 Å². The maximum Gasteiger partial charge on any atom is 0.338 e. The van der Waals surface area contributed by atoms with Crippen LogP contribution in [0.5, 0.6) is 11.5 Å². The Kier molecular flexibility index (Phi) is 7.94. The van der Waals surface area contributed by atoms with Crippen LogP contribution in [0.4, 0.5) is 11.4 Å². The van der Waals surface area contributed by atoms with Crippen molar-refractivity contribution >= 4 is 40.6 Å². The van der Waals surface area contributed by atoms with E-state index < -0.39 is 23.3 Å². The summed E-state index contributed by atoms with van der Waals surface area (Å²) < 4.78 is 10.6. The van der Waals surface area contributed by atoms with Gasteiger partial charge < -0.3 is 14.8 Å². The van der Waals surface area contributed by atoms with E-state index in [1.807, 2.05) is 0 Å². The van der Waals surface area contributed by atoms with Gasteiger partial charge in [0.2, 0.25) is 11.7 Å². The molecule has 1 N–H and O–H groups in total. The molecule has 0 spiro atoms. The Morgan fingerprint density at radius 2 is 1.71 bits per heavy atom. The minimum Gasteiger partial charge on any atom is -0.454 e. The first-order valence-corrected chi connectivity index (χ1v) is 10.5. The van der Waals surface area contributed by atoms with Crippen LogP contribution < -0.4 is 10.1 Å². The predicted molar refractivity (Wildman–Crippen MR) is 125 cm³/mol. The number of nitrogens with one attached hydrogen (secondary N) is 1. The first-order chi connectivity index (χ1) is 16.3. The van der Waals surface area contributed by atoms with Crippen molar-refractivity contribution in [3.05, 3.63) is 93.0 Å². The highest BCUT2D eigenvalue weighted by Gasteiger charge is 2.19. The molecule has 174 valence electrons. The number of Topliss-reactive ketones (excluding diaryl/α,β-unsaturated/α-hetero) is 1. The number of ether oxygens (including phenoxy) is 2. The second-order valence-electron chi connectivity index (χ2n) is 6.95. The molecule has 0 aliphatic carbocycles. The Labute approximate surface area is 199 Å². The van der Waals surface area contributed by atoms with Gasteiger partial charge in [-0.1, -0.05) is 30.7 Å². The second kappa shape index (κ2) is 11.1. The van der Waals surface area contributed by atoms with Crippen molar-refractivity contribution < 1.29 is 28.8 Å². The van der Waals surface area contributed by atoms with Crippen LogP contribution >= 0.6 is 11.6 Å². The fourth-order valence-corrected chi connectivity index (χ4v) is 3.05. The Morgan fingerprint density at radius 3 is 2.38 bits per heavy atom. The molecule has 0 atom stereocenters. The maximum atomic E-state index is 12.4.